The number of hydrogen-bond acceptors (Lipinski definition) is 4. The molecule has 0 saturated carbocycles. The third-order valence-electron chi connectivity index (χ3n) is 2.96. The van der Waals surface area contributed by atoms with Crippen LogP contribution in [-0.2, 0) is 0 Å². The van der Waals surface area contributed by atoms with Gasteiger partial charge in [0, 0.05) is 17.5 Å². The molecule has 0 aliphatic rings. The standard InChI is InChI=1S/C15H9FN2O3/c16-14-6-3-7-15(17-14)21-13-9-8-12(18(19)20)10-4-1-2-5-11(10)13/h1-9H. The van der Waals surface area contributed by atoms with E-state index in [1.807, 2.05) is 0 Å². The lowest BCUT2D eigenvalue weighted by molar-refractivity contribution is -0.383. The van der Waals surface area contributed by atoms with Crippen molar-refractivity contribution < 1.29 is 14.1 Å². The Morgan fingerprint density at radius 3 is 2.48 bits per heavy atom. The molecule has 0 unspecified atom stereocenters. The van der Waals surface area contributed by atoms with E-state index in [4.69, 9.17) is 4.74 Å². The molecule has 0 N–H and O–H groups in total. The molecule has 1 aromatic heterocycles. The summed E-state index contributed by atoms with van der Waals surface area (Å²) in [5.41, 5.74) is -0.00912. The number of aromatic nitrogens is 1. The van der Waals surface area contributed by atoms with Gasteiger partial charge in [0.2, 0.25) is 11.8 Å². The van der Waals surface area contributed by atoms with Crippen molar-refractivity contribution in [3.63, 3.8) is 0 Å². The zero-order valence-electron chi connectivity index (χ0n) is 10.7. The summed E-state index contributed by atoms with van der Waals surface area (Å²) >= 11 is 0. The lowest BCUT2D eigenvalue weighted by atomic mass is 10.1. The van der Waals surface area contributed by atoms with Crippen molar-refractivity contribution in [1.29, 1.82) is 0 Å². The number of nitro groups is 1. The van der Waals surface area contributed by atoms with Gasteiger partial charge in [0.1, 0.15) is 5.75 Å². The van der Waals surface area contributed by atoms with Gasteiger partial charge in [-0.15, -0.1) is 0 Å². The van der Waals surface area contributed by atoms with Crippen LogP contribution in [0.1, 0.15) is 0 Å². The van der Waals surface area contributed by atoms with E-state index in [1.165, 1.54) is 30.3 Å². The molecular formula is C15H9FN2O3. The Bertz CT molecular complexity index is 836. The zero-order valence-corrected chi connectivity index (χ0v) is 10.7. The third kappa shape index (κ3) is 2.51. The molecule has 0 radical (unpaired) electrons. The molecule has 3 aromatic rings. The fraction of sp³-hybridized carbons (Fsp3) is 0. The summed E-state index contributed by atoms with van der Waals surface area (Å²) in [6.07, 6.45) is 0. The Kier molecular flexibility index (Phi) is 3.19. The van der Waals surface area contributed by atoms with E-state index >= 15 is 0 Å². The highest BCUT2D eigenvalue weighted by molar-refractivity contribution is 5.95. The van der Waals surface area contributed by atoms with Gasteiger partial charge in [-0.2, -0.15) is 9.37 Å². The fourth-order valence-electron chi connectivity index (χ4n) is 2.06. The van der Waals surface area contributed by atoms with Gasteiger partial charge in [-0.25, -0.2) is 0 Å². The van der Waals surface area contributed by atoms with Crippen molar-refractivity contribution in [3.05, 3.63) is 70.7 Å². The fourth-order valence-corrected chi connectivity index (χ4v) is 2.06. The first-order chi connectivity index (χ1) is 10.1. The molecule has 0 aliphatic heterocycles. The average molecular weight is 284 g/mol. The van der Waals surface area contributed by atoms with Crippen molar-refractivity contribution in [2.45, 2.75) is 0 Å². The molecule has 21 heavy (non-hydrogen) atoms. The van der Waals surface area contributed by atoms with Crippen LogP contribution in [-0.4, -0.2) is 9.91 Å². The van der Waals surface area contributed by atoms with E-state index in [1.54, 1.807) is 24.3 Å². The summed E-state index contributed by atoms with van der Waals surface area (Å²) in [6, 6.07) is 13.8. The highest BCUT2D eigenvalue weighted by atomic mass is 19.1. The summed E-state index contributed by atoms with van der Waals surface area (Å²) in [4.78, 5) is 14.2. The average Bonchev–Trinajstić information content (AvgIpc) is 2.47. The molecule has 6 heteroatoms. The lowest BCUT2D eigenvalue weighted by Crippen LogP contribution is -1.93. The number of halogens is 1. The zero-order chi connectivity index (χ0) is 14.8. The number of hydrogen-bond donors (Lipinski definition) is 0. The van der Waals surface area contributed by atoms with E-state index in [-0.39, 0.29) is 11.6 Å². The second-order valence-corrected chi connectivity index (χ2v) is 4.29. The molecule has 2 aromatic carbocycles. The number of nitro benzene ring substituents is 1. The highest BCUT2D eigenvalue weighted by Gasteiger charge is 2.15. The molecule has 0 amide bonds. The third-order valence-corrected chi connectivity index (χ3v) is 2.96. The molecule has 0 bridgehead atoms. The van der Waals surface area contributed by atoms with E-state index in [2.05, 4.69) is 4.98 Å². The largest absolute Gasteiger partial charge is 0.438 e. The van der Waals surface area contributed by atoms with Crippen LogP contribution >= 0.6 is 0 Å². The van der Waals surface area contributed by atoms with Crippen LogP contribution in [0.5, 0.6) is 11.6 Å². The molecule has 0 aliphatic carbocycles. The predicted octanol–water partition coefficient (Wildman–Crippen LogP) is 4.07. The highest BCUT2D eigenvalue weighted by Crippen LogP contribution is 2.34. The predicted molar refractivity (Wildman–Crippen MR) is 74.9 cm³/mol. The quantitative estimate of drug-likeness (QED) is 0.413. The van der Waals surface area contributed by atoms with Crippen LogP contribution in [0.2, 0.25) is 0 Å². The molecule has 0 spiro atoms. The van der Waals surface area contributed by atoms with E-state index < -0.39 is 10.9 Å². The summed E-state index contributed by atoms with van der Waals surface area (Å²) < 4.78 is 18.6. The molecule has 104 valence electrons. The number of non-ortho nitro benzene ring substituents is 1. The first kappa shape index (κ1) is 13.0. The lowest BCUT2D eigenvalue weighted by Gasteiger charge is -2.08. The van der Waals surface area contributed by atoms with E-state index in [9.17, 15) is 14.5 Å². The first-order valence-electron chi connectivity index (χ1n) is 6.12. The van der Waals surface area contributed by atoms with Crippen LogP contribution in [0.4, 0.5) is 10.1 Å². The smallest absolute Gasteiger partial charge is 0.277 e. The molecule has 0 atom stereocenters. The van der Waals surface area contributed by atoms with Gasteiger partial charge >= 0.3 is 0 Å². The van der Waals surface area contributed by atoms with Gasteiger partial charge in [0.15, 0.2) is 0 Å². The van der Waals surface area contributed by atoms with Gasteiger partial charge < -0.3 is 4.74 Å². The summed E-state index contributed by atoms with van der Waals surface area (Å²) in [6.45, 7) is 0. The minimum atomic E-state index is -0.654. The number of ether oxygens (including phenoxy) is 1. The van der Waals surface area contributed by atoms with Crippen LogP contribution < -0.4 is 4.74 Å². The van der Waals surface area contributed by atoms with Crippen LogP contribution in [0.25, 0.3) is 10.8 Å². The molecular weight excluding hydrogens is 275 g/mol. The van der Waals surface area contributed by atoms with E-state index in [0.717, 1.165) is 0 Å². The minimum absolute atomic E-state index is 0.00912. The maximum Gasteiger partial charge on any atom is 0.277 e. The first-order valence-corrected chi connectivity index (χ1v) is 6.12. The van der Waals surface area contributed by atoms with Crippen molar-refractivity contribution in [2.75, 3.05) is 0 Å². The van der Waals surface area contributed by atoms with Crippen LogP contribution in [0, 0.1) is 16.1 Å². The van der Waals surface area contributed by atoms with Crippen molar-refractivity contribution >= 4 is 16.5 Å². The van der Waals surface area contributed by atoms with Crippen molar-refractivity contribution in [3.8, 4) is 11.6 Å². The molecule has 0 fully saturated rings. The SMILES string of the molecule is O=[N+]([O-])c1ccc(Oc2cccc(F)n2)c2ccccc12. The number of pyridine rings is 1. The van der Waals surface area contributed by atoms with Gasteiger partial charge in [-0.1, -0.05) is 24.3 Å². The van der Waals surface area contributed by atoms with Gasteiger partial charge in [-0.3, -0.25) is 10.1 Å². The van der Waals surface area contributed by atoms with Gasteiger partial charge in [0.25, 0.3) is 5.69 Å². The summed E-state index contributed by atoms with van der Waals surface area (Å²) in [5, 5.41) is 12.1. The Labute approximate surface area is 118 Å². The molecule has 3 rings (SSSR count). The number of benzene rings is 2. The summed E-state index contributed by atoms with van der Waals surface area (Å²) in [7, 11) is 0. The number of nitrogens with zero attached hydrogens (tertiary/aromatic N) is 2. The number of fused-ring (bicyclic) bond motifs is 1. The Hall–Kier alpha value is -3.02. The topological polar surface area (TPSA) is 65.3 Å². The van der Waals surface area contributed by atoms with Crippen LogP contribution in [0.15, 0.2) is 54.6 Å². The van der Waals surface area contributed by atoms with Crippen LogP contribution in [0.3, 0.4) is 0 Å². The van der Waals surface area contributed by atoms with Crippen molar-refractivity contribution in [2.24, 2.45) is 0 Å². The van der Waals surface area contributed by atoms with E-state index in [0.29, 0.717) is 16.5 Å². The summed E-state index contributed by atoms with van der Waals surface area (Å²) in [5.74, 6) is -0.179. The maximum absolute atomic E-state index is 13.1. The normalized spacial score (nSPS) is 10.5. The second kappa shape index (κ2) is 5.16. The molecule has 0 saturated heterocycles. The Morgan fingerprint density at radius 1 is 1.00 bits per heavy atom. The molecule has 5 nitrogen and oxygen atoms in total. The minimum Gasteiger partial charge on any atom is -0.438 e. The van der Waals surface area contributed by atoms with Crippen molar-refractivity contribution in [1.82, 2.24) is 4.98 Å². The maximum atomic E-state index is 13.1. The number of rotatable bonds is 3. The Balaban J connectivity index is 2.12. The Morgan fingerprint density at radius 2 is 1.76 bits per heavy atom. The molecule has 1 heterocycles. The monoisotopic (exact) mass is 284 g/mol. The van der Waals surface area contributed by atoms with Gasteiger partial charge in [0.05, 0.1) is 10.3 Å². The second-order valence-electron chi connectivity index (χ2n) is 4.29. The van der Waals surface area contributed by atoms with Gasteiger partial charge in [-0.05, 0) is 18.2 Å².